The molecule has 0 spiro atoms. The summed E-state index contributed by atoms with van der Waals surface area (Å²) in [4.78, 5) is 22.6. The fourth-order valence-corrected chi connectivity index (χ4v) is 4.24. The fourth-order valence-electron chi connectivity index (χ4n) is 4.24. The summed E-state index contributed by atoms with van der Waals surface area (Å²) in [6.07, 6.45) is 11.8. The summed E-state index contributed by atoms with van der Waals surface area (Å²) in [7, 11) is 0. The lowest BCUT2D eigenvalue weighted by Gasteiger charge is -2.16. The van der Waals surface area contributed by atoms with E-state index in [-0.39, 0.29) is 17.4 Å². The van der Waals surface area contributed by atoms with E-state index < -0.39 is 0 Å². The van der Waals surface area contributed by atoms with Gasteiger partial charge in [-0.1, -0.05) is 85.8 Å². The van der Waals surface area contributed by atoms with Crippen LogP contribution >= 0.6 is 0 Å². The molecule has 1 fully saturated rings. The van der Waals surface area contributed by atoms with Crippen LogP contribution in [-0.4, -0.2) is 44.1 Å². The first-order chi connectivity index (χ1) is 16.0. The number of rotatable bonds is 8. The van der Waals surface area contributed by atoms with Gasteiger partial charge in [0.15, 0.2) is 5.52 Å². The van der Waals surface area contributed by atoms with Crippen LogP contribution < -0.4 is 5.56 Å². The highest BCUT2D eigenvalue weighted by Crippen LogP contribution is 2.30. The topological polar surface area (TPSA) is 66.3 Å². The predicted octanol–water partition coefficient (Wildman–Crippen LogP) is 6.10. The first kappa shape index (κ1) is 28.6. The van der Waals surface area contributed by atoms with Gasteiger partial charge in [-0.15, -0.1) is 0 Å². The molecule has 2 aromatic rings. The summed E-state index contributed by atoms with van der Waals surface area (Å²) in [5.41, 5.74) is 1.69. The van der Waals surface area contributed by atoms with Crippen molar-refractivity contribution in [1.29, 1.82) is 0 Å². The lowest BCUT2D eigenvalue weighted by atomic mass is 9.97. The van der Waals surface area contributed by atoms with Crippen LogP contribution in [0, 0.1) is 5.92 Å². The average Bonchev–Trinajstić information content (AvgIpc) is 3.43. The first-order valence-corrected chi connectivity index (χ1v) is 12.6. The van der Waals surface area contributed by atoms with Crippen molar-refractivity contribution in [3.8, 4) is 0 Å². The Kier molecular flexibility index (Phi) is 12.7. The molecule has 0 aromatic carbocycles. The molecule has 1 aliphatic heterocycles. The molecule has 3 atom stereocenters. The van der Waals surface area contributed by atoms with Gasteiger partial charge in [0, 0.05) is 31.5 Å². The van der Waals surface area contributed by atoms with E-state index in [4.69, 9.17) is 5.10 Å². The standard InChI is InChI=1S/C23H33N5O.2C2H6/c1-6-9-11-18(8-3)14-27-13-17(5)19(15-27)21-25-23(29)20-12-24-22(28(20)26-21)16(4)10-7-2;2*1-2/h6,8-9,11-12,16-17,19H,1,7,10,13-15H2,2-5H3,(H,25,26,29);2*1-2H3/b11-9-,18-8+;;. The number of hydrogen-bond donors (Lipinski definition) is 1. The fraction of sp³-hybridized carbons (Fsp3) is 0.593. The van der Waals surface area contributed by atoms with E-state index in [1.165, 1.54) is 5.57 Å². The van der Waals surface area contributed by atoms with Crippen LogP contribution in [0.4, 0.5) is 0 Å². The number of hydrogen-bond acceptors (Lipinski definition) is 4. The molecule has 6 heteroatoms. The molecule has 0 bridgehead atoms. The monoisotopic (exact) mass is 455 g/mol. The lowest BCUT2D eigenvalue weighted by Crippen LogP contribution is -2.24. The summed E-state index contributed by atoms with van der Waals surface area (Å²) >= 11 is 0. The second kappa shape index (κ2) is 14.6. The Morgan fingerprint density at radius 3 is 2.61 bits per heavy atom. The number of nitrogens with zero attached hydrogens (tertiary/aromatic N) is 4. The van der Waals surface area contributed by atoms with Crippen molar-refractivity contribution in [3.63, 3.8) is 0 Å². The maximum Gasteiger partial charge on any atom is 0.276 e. The molecule has 184 valence electrons. The van der Waals surface area contributed by atoms with Crippen LogP contribution in [0.5, 0.6) is 0 Å². The van der Waals surface area contributed by atoms with Crippen molar-refractivity contribution in [3.05, 3.63) is 64.7 Å². The molecule has 0 radical (unpaired) electrons. The van der Waals surface area contributed by atoms with Crippen LogP contribution in [0.2, 0.25) is 0 Å². The zero-order chi connectivity index (χ0) is 25.0. The highest BCUT2D eigenvalue weighted by Gasteiger charge is 2.33. The molecule has 3 heterocycles. The van der Waals surface area contributed by atoms with Gasteiger partial charge in [0.2, 0.25) is 0 Å². The largest absolute Gasteiger partial charge is 0.307 e. The van der Waals surface area contributed by atoms with Crippen LogP contribution in [0.25, 0.3) is 5.52 Å². The highest BCUT2D eigenvalue weighted by atomic mass is 16.1. The molecule has 0 amide bonds. The molecule has 6 nitrogen and oxygen atoms in total. The van der Waals surface area contributed by atoms with Crippen LogP contribution in [0.15, 0.2) is 47.4 Å². The molecule has 1 N–H and O–H groups in total. The third-order valence-corrected chi connectivity index (χ3v) is 5.87. The smallest absolute Gasteiger partial charge is 0.276 e. The summed E-state index contributed by atoms with van der Waals surface area (Å²) in [6.45, 7) is 23.1. The van der Waals surface area contributed by atoms with Crippen molar-refractivity contribution in [2.24, 2.45) is 5.92 Å². The van der Waals surface area contributed by atoms with Crippen molar-refractivity contribution in [2.45, 2.75) is 80.1 Å². The number of likely N-dealkylation sites (tertiary alicyclic amines) is 1. The molecule has 0 aliphatic carbocycles. The van der Waals surface area contributed by atoms with Crippen LogP contribution in [0.1, 0.15) is 91.7 Å². The number of fused-ring (bicyclic) bond motifs is 1. The normalized spacial score (nSPS) is 19.7. The van der Waals surface area contributed by atoms with Gasteiger partial charge in [-0.05, 0) is 24.8 Å². The van der Waals surface area contributed by atoms with Crippen LogP contribution in [0.3, 0.4) is 0 Å². The van der Waals surface area contributed by atoms with Gasteiger partial charge in [0.1, 0.15) is 11.6 Å². The van der Waals surface area contributed by atoms with Crippen LogP contribution in [-0.2, 0) is 0 Å². The van der Waals surface area contributed by atoms with E-state index in [9.17, 15) is 4.79 Å². The molecule has 33 heavy (non-hydrogen) atoms. The molecule has 2 aromatic heterocycles. The van der Waals surface area contributed by atoms with Crippen molar-refractivity contribution in [2.75, 3.05) is 19.6 Å². The Hall–Kier alpha value is -2.47. The van der Waals surface area contributed by atoms with E-state index in [1.54, 1.807) is 16.8 Å². The Morgan fingerprint density at radius 2 is 2.00 bits per heavy atom. The Labute approximate surface area is 200 Å². The zero-order valence-corrected chi connectivity index (χ0v) is 22.1. The molecule has 3 unspecified atom stereocenters. The van der Waals surface area contributed by atoms with E-state index in [0.717, 1.165) is 44.1 Å². The van der Waals surface area contributed by atoms with Gasteiger partial charge in [0.05, 0.1) is 6.20 Å². The number of nitrogens with one attached hydrogen (secondary N) is 1. The number of aromatic amines is 1. The third-order valence-electron chi connectivity index (χ3n) is 5.87. The number of imidazole rings is 1. The van der Waals surface area contributed by atoms with E-state index in [2.05, 4.69) is 61.3 Å². The van der Waals surface area contributed by atoms with Crippen molar-refractivity contribution in [1.82, 2.24) is 24.5 Å². The van der Waals surface area contributed by atoms with Crippen molar-refractivity contribution >= 4 is 5.52 Å². The van der Waals surface area contributed by atoms with Gasteiger partial charge in [-0.2, -0.15) is 5.10 Å². The van der Waals surface area contributed by atoms with Gasteiger partial charge in [-0.3, -0.25) is 9.69 Å². The average molecular weight is 456 g/mol. The maximum absolute atomic E-state index is 12.7. The molecule has 1 aliphatic rings. The molecular weight excluding hydrogens is 410 g/mol. The maximum atomic E-state index is 12.7. The summed E-state index contributed by atoms with van der Waals surface area (Å²) in [5, 5.41) is 4.85. The van der Waals surface area contributed by atoms with Gasteiger partial charge in [0.25, 0.3) is 5.56 Å². The molecular formula is C27H45N5O. The van der Waals surface area contributed by atoms with Crippen molar-refractivity contribution < 1.29 is 0 Å². The molecule has 1 saturated heterocycles. The summed E-state index contributed by atoms with van der Waals surface area (Å²) in [6, 6.07) is 0. The lowest BCUT2D eigenvalue weighted by molar-refractivity contribution is 0.356. The molecule has 3 rings (SSSR count). The number of aromatic nitrogens is 4. The summed E-state index contributed by atoms with van der Waals surface area (Å²) < 4.78 is 1.77. The van der Waals surface area contributed by atoms with Gasteiger partial charge < -0.3 is 4.98 Å². The zero-order valence-electron chi connectivity index (χ0n) is 22.1. The van der Waals surface area contributed by atoms with E-state index in [1.807, 2.05) is 33.8 Å². The second-order valence-electron chi connectivity index (χ2n) is 8.18. The molecule has 0 saturated carbocycles. The van der Waals surface area contributed by atoms with E-state index in [0.29, 0.717) is 11.4 Å². The minimum Gasteiger partial charge on any atom is -0.307 e. The predicted molar refractivity (Wildman–Crippen MR) is 141 cm³/mol. The quantitative estimate of drug-likeness (QED) is 0.489. The minimum atomic E-state index is -0.105. The minimum absolute atomic E-state index is 0.105. The SMILES string of the molecule is C=C/C=C\C(=C/C)CN1CC(C)C(c2nn3c(C(C)CCC)ncc3c(=O)[nH]2)C1.CC.CC. The van der Waals surface area contributed by atoms with Gasteiger partial charge in [-0.25, -0.2) is 9.50 Å². The Morgan fingerprint density at radius 1 is 1.30 bits per heavy atom. The first-order valence-electron chi connectivity index (χ1n) is 12.6. The van der Waals surface area contributed by atoms with E-state index >= 15 is 0 Å². The van der Waals surface area contributed by atoms with Gasteiger partial charge >= 0.3 is 0 Å². The Balaban J connectivity index is 0.00000129. The second-order valence-corrected chi connectivity index (χ2v) is 8.18. The number of allylic oxidation sites excluding steroid dienone is 3. The number of H-pyrrole nitrogens is 1. The summed E-state index contributed by atoms with van der Waals surface area (Å²) in [5.74, 6) is 2.53. The Bertz CT molecular complexity index is 969. The third kappa shape index (κ3) is 7.26. The highest BCUT2D eigenvalue weighted by molar-refractivity contribution is 5.42.